The fourth-order valence-corrected chi connectivity index (χ4v) is 3.25. The van der Waals surface area contributed by atoms with Gasteiger partial charge in [-0.25, -0.2) is 9.97 Å². The largest absolute Gasteiger partial charge is 0.368 e. The summed E-state index contributed by atoms with van der Waals surface area (Å²) in [6, 6.07) is 15.9. The van der Waals surface area contributed by atoms with Crippen LogP contribution in [0.15, 0.2) is 67.3 Å². The van der Waals surface area contributed by atoms with Crippen LogP contribution in [0.5, 0.6) is 0 Å². The molecule has 0 aliphatic carbocycles. The van der Waals surface area contributed by atoms with Crippen molar-refractivity contribution in [2.75, 3.05) is 36.0 Å². The Labute approximate surface area is 164 Å². The Bertz CT molecular complexity index is 910. The molecule has 1 N–H and O–H groups in total. The van der Waals surface area contributed by atoms with E-state index in [1.165, 1.54) is 12.0 Å². The number of rotatable bonds is 5. The lowest BCUT2D eigenvalue weighted by Gasteiger charge is -2.36. The molecule has 0 atom stereocenters. The first kappa shape index (κ1) is 17.9. The van der Waals surface area contributed by atoms with Crippen molar-refractivity contribution in [3.8, 4) is 0 Å². The number of hydrogen-bond acceptors (Lipinski definition) is 6. The number of amides is 1. The summed E-state index contributed by atoms with van der Waals surface area (Å²) >= 11 is 0. The average molecular weight is 374 g/mol. The van der Waals surface area contributed by atoms with E-state index in [-0.39, 0.29) is 5.91 Å². The van der Waals surface area contributed by atoms with E-state index in [4.69, 9.17) is 0 Å². The number of benzene rings is 1. The highest BCUT2D eigenvalue weighted by atomic mass is 16.1. The Morgan fingerprint density at radius 3 is 2.39 bits per heavy atom. The molecule has 7 nitrogen and oxygen atoms in total. The summed E-state index contributed by atoms with van der Waals surface area (Å²) in [5.74, 6) is 0.583. The molecule has 3 aromatic rings. The first-order valence-corrected chi connectivity index (χ1v) is 9.34. The quantitative estimate of drug-likeness (QED) is 0.737. The lowest BCUT2D eigenvalue weighted by atomic mass is 10.2. The van der Waals surface area contributed by atoms with E-state index < -0.39 is 0 Å². The first-order chi connectivity index (χ1) is 13.8. The van der Waals surface area contributed by atoms with Gasteiger partial charge in [0.15, 0.2) is 0 Å². The molecule has 1 aliphatic heterocycles. The third-order valence-electron chi connectivity index (χ3n) is 4.81. The highest BCUT2D eigenvalue weighted by Gasteiger charge is 2.19. The molecular weight excluding hydrogens is 352 g/mol. The van der Waals surface area contributed by atoms with Crippen LogP contribution in [0.3, 0.4) is 0 Å². The number of anilines is 2. The minimum atomic E-state index is -0.205. The monoisotopic (exact) mass is 374 g/mol. The fraction of sp³-hybridized carbons (Fsp3) is 0.238. The number of para-hydroxylation sites is 1. The maximum absolute atomic E-state index is 12.4. The zero-order chi connectivity index (χ0) is 19.2. The second-order valence-electron chi connectivity index (χ2n) is 6.61. The summed E-state index contributed by atoms with van der Waals surface area (Å²) in [6.07, 6.45) is 4.87. The van der Waals surface area contributed by atoms with Gasteiger partial charge in [0, 0.05) is 56.9 Å². The predicted octanol–water partition coefficient (Wildman–Crippen LogP) is 2.13. The van der Waals surface area contributed by atoms with Gasteiger partial charge in [-0.3, -0.25) is 9.78 Å². The molecule has 1 aromatic carbocycles. The lowest BCUT2D eigenvalue weighted by Crippen LogP contribution is -2.46. The number of pyridine rings is 1. The number of aromatic nitrogens is 3. The van der Waals surface area contributed by atoms with E-state index in [0.717, 1.165) is 37.6 Å². The molecule has 28 heavy (non-hydrogen) atoms. The van der Waals surface area contributed by atoms with E-state index in [2.05, 4.69) is 54.3 Å². The van der Waals surface area contributed by atoms with Crippen molar-refractivity contribution in [1.82, 2.24) is 20.3 Å². The van der Waals surface area contributed by atoms with Gasteiger partial charge in [-0.05, 0) is 29.8 Å². The summed E-state index contributed by atoms with van der Waals surface area (Å²) in [6.45, 7) is 3.97. The summed E-state index contributed by atoms with van der Waals surface area (Å²) in [7, 11) is 0. The smallest absolute Gasteiger partial charge is 0.270 e. The molecule has 2 aromatic heterocycles. The van der Waals surface area contributed by atoms with E-state index >= 15 is 0 Å². The molecule has 142 valence electrons. The minimum Gasteiger partial charge on any atom is -0.368 e. The van der Waals surface area contributed by atoms with Crippen LogP contribution in [-0.2, 0) is 6.54 Å². The summed E-state index contributed by atoms with van der Waals surface area (Å²) in [5.41, 5.74) is 2.61. The third-order valence-corrected chi connectivity index (χ3v) is 4.81. The van der Waals surface area contributed by atoms with Gasteiger partial charge in [0.05, 0.1) is 0 Å². The van der Waals surface area contributed by atoms with Crippen LogP contribution in [-0.4, -0.2) is 47.0 Å². The lowest BCUT2D eigenvalue weighted by molar-refractivity contribution is 0.0945. The van der Waals surface area contributed by atoms with E-state index in [9.17, 15) is 4.79 Å². The maximum atomic E-state index is 12.4. The standard InChI is InChI=1S/C21H22N6O/c28-21(23-15-17-6-8-22-9-7-17)19-14-20(25-16-24-19)27-12-10-26(11-13-27)18-4-2-1-3-5-18/h1-9,14,16H,10-13,15H2,(H,23,28). The van der Waals surface area contributed by atoms with Crippen molar-refractivity contribution in [2.24, 2.45) is 0 Å². The molecule has 0 bridgehead atoms. The van der Waals surface area contributed by atoms with Crippen molar-refractivity contribution in [3.05, 3.63) is 78.5 Å². The van der Waals surface area contributed by atoms with E-state index in [1.54, 1.807) is 18.5 Å². The van der Waals surface area contributed by atoms with Crippen molar-refractivity contribution in [2.45, 2.75) is 6.54 Å². The second kappa shape index (κ2) is 8.47. The number of nitrogens with zero attached hydrogens (tertiary/aromatic N) is 5. The van der Waals surface area contributed by atoms with Crippen molar-refractivity contribution < 1.29 is 4.79 Å². The normalized spacial score (nSPS) is 14.0. The van der Waals surface area contributed by atoms with Crippen LogP contribution < -0.4 is 15.1 Å². The molecule has 0 radical (unpaired) electrons. The van der Waals surface area contributed by atoms with Crippen LogP contribution in [0, 0.1) is 0 Å². The number of carbonyl (C=O) groups excluding carboxylic acids is 1. The van der Waals surface area contributed by atoms with Crippen LogP contribution in [0.1, 0.15) is 16.1 Å². The Hall–Kier alpha value is -3.48. The SMILES string of the molecule is O=C(NCc1ccncc1)c1cc(N2CCN(c3ccccc3)CC2)ncn1. The fourth-order valence-electron chi connectivity index (χ4n) is 3.25. The summed E-state index contributed by atoms with van der Waals surface area (Å²) in [4.78, 5) is 29.5. The molecule has 1 saturated heterocycles. The molecule has 0 spiro atoms. The van der Waals surface area contributed by atoms with E-state index in [0.29, 0.717) is 12.2 Å². The zero-order valence-corrected chi connectivity index (χ0v) is 15.5. The van der Waals surface area contributed by atoms with Gasteiger partial charge in [-0.1, -0.05) is 18.2 Å². The van der Waals surface area contributed by atoms with Crippen molar-refractivity contribution in [1.29, 1.82) is 0 Å². The Morgan fingerprint density at radius 2 is 1.64 bits per heavy atom. The number of carbonyl (C=O) groups is 1. The van der Waals surface area contributed by atoms with Crippen LogP contribution in [0.2, 0.25) is 0 Å². The molecule has 1 fully saturated rings. The number of piperazine rings is 1. The van der Waals surface area contributed by atoms with Crippen LogP contribution in [0.4, 0.5) is 11.5 Å². The van der Waals surface area contributed by atoms with Gasteiger partial charge in [0.2, 0.25) is 0 Å². The molecule has 3 heterocycles. The van der Waals surface area contributed by atoms with Gasteiger partial charge >= 0.3 is 0 Å². The molecular formula is C21H22N6O. The van der Waals surface area contributed by atoms with Crippen molar-refractivity contribution >= 4 is 17.4 Å². The van der Waals surface area contributed by atoms with Gasteiger partial charge < -0.3 is 15.1 Å². The highest BCUT2D eigenvalue weighted by molar-refractivity contribution is 5.92. The Morgan fingerprint density at radius 1 is 0.929 bits per heavy atom. The van der Waals surface area contributed by atoms with Gasteiger partial charge in [-0.2, -0.15) is 0 Å². The number of nitrogens with one attached hydrogen (secondary N) is 1. The minimum absolute atomic E-state index is 0.205. The maximum Gasteiger partial charge on any atom is 0.270 e. The molecule has 0 saturated carbocycles. The molecule has 1 aliphatic rings. The summed E-state index contributed by atoms with van der Waals surface area (Å²) < 4.78 is 0. The highest BCUT2D eigenvalue weighted by Crippen LogP contribution is 2.19. The molecule has 0 unspecified atom stereocenters. The Kier molecular flexibility index (Phi) is 5.42. The molecule has 4 rings (SSSR count). The molecule has 7 heteroatoms. The average Bonchev–Trinajstić information content (AvgIpc) is 2.79. The van der Waals surface area contributed by atoms with Crippen molar-refractivity contribution in [3.63, 3.8) is 0 Å². The first-order valence-electron chi connectivity index (χ1n) is 9.34. The zero-order valence-electron chi connectivity index (χ0n) is 15.5. The van der Waals surface area contributed by atoms with Gasteiger partial charge in [0.1, 0.15) is 17.8 Å². The molecule has 1 amide bonds. The van der Waals surface area contributed by atoms with E-state index in [1.807, 2.05) is 18.2 Å². The van der Waals surface area contributed by atoms with Gasteiger partial charge in [-0.15, -0.1) is 0 Å². The predicted molar refractivity (Wildman–Crippen MR) is 108 cm³/mol. The van der Waals surface area contributed by atoms with Crippen LogP contribution in [0.25, 0.3) is 0 Å². The topological polar surface area (TPSA) is 74.2 Å². The third kappa shape index (κ3) is 4.25. The second-order valence-corrected chi connectivity index (χ2v) is 6.61. The number of hydrogen-bond donors (Lipinski definition) is 1. The van der Waals surface area contributed by atoms with Crippen LogP contribution >= 0.6 is 0 Å². The van der Waals surface area contributed by atoms with Gasteiger partial charge in [0.25, 0.3) is 5.91 Å². The Balaban J connectivity index is 1.37. The summed E-state index contributed by atoms with van der Waals surface area (Å²) in [5, 5.41) is 2.89.